The maximum atomic E-state index is 14.0. The zero-order valence-electron chi connectivity index (χ0n) is 31.3. The quantitative estimate of drug-likeness (QED) is 0.332. The number of nitrogens with zero attached hydrogens (tertiary/aromatic N) is 6. The van der Waals surface area contributed by atoms with E-state index >= 15 is 0 Å². The van der Waals surface area contributed by atoms with Crippen LogP contribution in [0, 0.1) is 5.92 Å². The summed E-state index contributed by atoms with van der Waals surface area (Å²) >= 11 is 0. The second kappa shape index (κ2) is 17.5. The molecule has 3 atom stereocenters. The molecule has 0 fully saturated rings. The highest BCUT2D eigenvalue weighted by molar-refractivity contribution is 5.94. The minimum atomic E-state index is -0.788. The van der Waals surface area contributed by atoms with Gasteiger partial charge < -0.3 is 30.3 Å². The third-order valence-corrected chi connectivity index (χ3v) is 9.97. The van der Waals surface area contributed by atoms with Gasteiger partial charge in [0.25, 0.3) is 5.91 Å². The van der Waals surface area contributed by atoms with Gasteiger partial charge >= 0.3 is 0 Å². The lowest BCUT2D eigenvalue weighted by Crippen LogP contribution is -2.51. The Kier molecular flexibility index (Phi) is 12.9. The first-order valence-electron chi connectivity index (χ1n) is 18.4. The summed E-state index contributed by atoms with van der Waals surface area (Å²) in [5.74, 6) is 0.876. The molecule has 0 saturated carbocycles. The number of ether oxygens (including phenoxy) is 2. The molecule has 3 N–H and O–H groups in total. The number of rotatable bonds is 7. The van der Waals surface area contributed by atoms with Gasteiger partial charge in [-0.1, -0.05) is 26.3 Å². The molecule has 5 rings (SSSR count). The van der Waals surface area contributed by atoms with Crippen LogP contribution in [0.5, 0.6) is 11.5 Å². The van der Waals surface area contributed by atoms with Crippen molar-refractivity contribution in [3.05, 3.63) is 52.4 Å². The maximum absolute atomic E-state index is 14.0. The summed E-state index contributed by atoms with van der Waals surface area (Å²) in [5, 5.41) is 18.3. The molecular formula is C37H53N9O6. The fourth-order valence-corrected chi connectivity index (χ4v) is 6.94. The van der Waals surface area contributed by atoms with Crippen LogP contribution in [0.25, 0.3) is 0 Å². The maximum Gasteiger partial charge on any atom is 0.272 e. The summed E-state index contributed by atoms with van der Waals surface area (Å²) in [6, 6.07) is 4.14. The van der Waals surface area contributed by atoms with Crippen molar-refractivity contribution in [3.8, 4) is 11.5 Å². The van der Waals surface area contributed by atoms with Crippen molar-refractivity contribution in [2.45, 2.75) is 97.2 Å². The number of hydrogen-bond donors (Lipinski definition) is 3. The first kappa shape index (κ1) is 38.3. The summed E-state index contributed by atoms with van der Waals surface area (Å²) in [6.45, 7) is 6.62. The molecule has 52 heavy (non-hydrogen) atoms. The average Bonchev–Trinajstić information content (AvgIpc) is 3.69. The molecule has 282 valence electrons. The van der Waals surface area contributed by atoms with Crippen LogP contribution in [0.4, 0.5) is 0 Å². The number of benzene rings is 1. The molecule has 3 heterocycles. The molecule has 1 aromatic carbocycles. The largest absolute Gasteiger partial charge is 0.493 e. The van der Waals surface area contributed by atoms with Crippen molar-refractivity contribution in [2.24, 2.45) is 13.0 Å². The second-order valence-corrected chi connectivity index (χ2v) is 13.8. The van der Waals surface area contributed by atoms with Crippen molar-refractivity contribution in [1.29, 1.82) is 0 Å². The molecule has 3 aromatic rings. The number of aryl methyl sites for hydroxylation is 2. The zero-order valence-corrected chi connectivity index (χ0v) is 31.3. The van der Waals surface area contributed by atoms with E-state index in [4.69, 9.17) is 14.5 Å². The van der Waals surface area contributed by atoms with Gasteiger partial charge in [-0.05, 0) is 69.1 Å². The van der Waals surface area contributed by atoms with Crippen molar-refractivity contribution >= 4 is 23.6 Å². The lowest BCUT2D eigenvalue weighted by Gasteiger charge is -2.26. The van der Waals surface area contributed by atoms with Crippen molar-refractivity contribution in [3.63, 3.8) is 0 Å². The Hall–Kier alpha value is -4.95. The summed E-state index contributed by atoms with van der Waals surface area (Å²) in [7, 11) is 4.94. The highest BCUT2D eigenvalue weighted by Crippen LogP contribution is 2.29. The molecule has 0 bridgehead atoms. The number of methoxy groups -OCH3 is 2. The van der Waals surface area contributed by atoms with E-state index in [-0.39, 0.29) is 42.5 Å². The van der Waals surface area contributed by atoms with Crippen LogP contribution in [0.1, 0.15) is 104 Å². The smallest absolute Gasteiger partial charge is 0.272 e. The van der Waals surface area contributed by atoms with Crippen LogP contribution in [0.2, 0.25) is 0 Å². The predicted octanol–water partition coefficient (Wildman–Crippen LogP) is 2.65. The number of hydrogen-bond acceptors (Lipinski definition) is 9. The topological polar surface area (TPSA) is 175 Å². The van der Waals surface area contributed by atoms with Crippen LogP contribution < -0.4 is 25.4 Å². The highest BCUT2D eigenvalue weighted by Gasteiger charge is 2.30. The minimum absolute atomic E-state index is 0.121. The molecule has 0 radical (unpaired) electrons. The Balaban J connectivity index is 1.39. The molecule has 0 spiro atoms. The van der Waals surface area contributed by atoms with Crippen molar-refractivity contribution < 1.29 is 28.7 Å². The fraction of sp³-hybridized carbons (Fsp3) is 0.595. The van der Waals surface area contributed by atoms with E-state index in [0.29, 0.717) is 74.2 Å². The molecule has 1 aliphatic heterocycles. The molecule has 15 heteroatoms. The van der Waals surface area contributed by atoms with Crippen LogP contribution >= 0.6 is 0 Å². The van der Waals surface area contributed by atoms with E-state index in [0.717, 1.165) is 42.5 Å². The van der Waals surface area contributed by atoms with Crippen LogP contribution in [-0.4, -0.2) is 93.0 Å². The van der Waals surface area contributed by atoms with Crippen LogP contribution in [0.15, 0.2) is 18.2 Å². The Morgan fingerprint density at radius 1 is 0.962 bits per heavy atom. The third-order valence-electron chi connectivity index (χ3n) is 9.97. The first-order chi connectivity index (χ1) is 25.0. The van der Waals surface area contributed by atoms with E-state index in [1.165, 1.54) is 4.68 Å². The SMILES string of the molecule is CC[C@H](C)[C@@H]1NC(=O)CCCN(C(=O)c2c3c(nn2C)CCCC3)CCCNC(=O)Cn2nc(Cc3ccc(OC)c(OC)c3)nc2[C@@H](C)NC1=O. The number of nitrogens with one attached hydrogen (secondary N) is 3. The highest BCUT2D eigenvalue weighted by atomic mass is 16.5. The van der Waals surface area contributed by atoms with E-state index in [2.05, 4.69) is 26.1 Å². The Labute approximate surface area is 305 Å². The molecule has 2 aromatic heterocycles. The average molecular weight is 720 g/mol. The van der Waals surface area contributed by atoms with Gasteiger partial charge in [0.1, 0.15) is 24.1 Å². The molecule has 0 unspecified atom stereocenters. The minimum Gasteiger partial charge on any atom is -0.493 e. The Bertz CT molecular complexity index is 1750. The van der Waals surface area contributed by atoms with E-state index in [9.17, 15) is 19.2 Å². The van der Waals surface area contributed by atoms with Gasteiger partial charge in [0.15, 0.2) is 17.3 Å². The predicted molar refractivity (Wildman–Crippen MR) is 193 cm³/mol. The lowest BCUT2D eigenvalue weighted by molar-refractivity contribution is -0.130. The Morgan fingerprint density at radius 2 is 1.71 bits per heavy atom. The summed E-state index contributed by atoms with van der Waals surface area (Å²) in [5.41, 5.74) is 3.46. The molecule has 0 saturated heterocycles. The van der Waals surface area contributed by atoms with Gasteiger partial charge in [-0.2, -0.15) is 10.2 Å². The fourth-order valence-electron chi connectivity index (χ4n) is 6.94. The van der Waals surface area contributed by atoms with E-state index in [1.807, 2.05) is 32.0 Å². The molecule has 2 aliphatic rings. The van der Waals surface area contributed by atoms with Crippen molar-refractivity contribution in [2.75, 3.05) is 33.9 Å². The van der Waals surface area contributed by atoms with E-state index in [1.54, 1.807) is 37.8 Å². The molecular weight excluding hydrogens is 666 g/mol. The van der Waals surface area contributed by atoms with E-state index < -0.39 is 12.1 Å². The van der Waals surface area contributed by atoms with Gasteiger partial charge in [0, 0.05) is 45.1 Å². The number of carbonyl (C=O) groups is 4. The standard InChI is InChI=1S/C37H53N9O6/c1-7-23(2)33-36(49)39-24(3)35-40-30(21-25-15-16-28(51-5)29(20-25)52-6)43-46(35)22-32(48)38-17-11-19-45(18-10-14-31(47)41-33)37(50)34-26-12-8-9-13-27(26)42-44(34)4/h15-16,20,23-24,33H,7-14,17-19,21-22H2,1-6H3,(H,38,48)(H,39,49)(H,41,47)/t23-,24+,33-/m0/s1. The van der Waals surface area contributed by atoms with Gasteiger partial charge in [-0.3, -0.25) is 23.9 Å². The number of carbonyl (C=O) groups excluding carboxylic acids is 4. The molecule has 1 aliphatic carbocycles. The summed E-state index contributed by atoms with van der Waals surface area (Å²) in [6.07, 6.45) is 5.83. The lowest BCUT2D eigenvalue weighted by atomic mass is 9.95. The van der Waals surface area contributed by atoms with Gasteiger partial charge in [0.05, 0.1) is 26.0 Å². The normalized spacial score (nSPS) is 20.0. The number of amides is 4. The summed E-state index contributed by atoms with van der Waals surface area (Å²) < 4.78 is 14.0. The first-order valence-corrected chi connectivity index (χ1v) is 18.4. The second-order valence-electron chi connectivity index (χ2n) is 13.8. The Morgan fingerprint density at radius 3 is 2.46 bits per heavy atom. The zero-order chi connectivity index (χ0) is 37.4. The van der Waals surface area contributed by atoms with Gasteiger partial charge in [-0.15, -0.1) is 0 Å². The number of fused-ring (bicyclic) bond motifs is 2. The monoisotopic (exact) mass is 719 g/mol. The van der Waals surface area contributed by atoms with Gasteiger partial charge in [-0.25, -0.2) is 9.67 Å². The van der Waals surface area contributed by atoms with Crippen molar-refractivity contribution in [1.82, 2.24) is 45.4 Å². The van der Waals surface area contributed by atoms with Gasteiger partial charge in [0.2, 0.25) is 17.7 Å². The molecule has 4 amide bonds. The van der Waals surface area contributed by atoms with Crippen LogP contribution in [-0.2, 0) is 47.2 Å². The molecule has 15 nitrogen and oxygen atoms in total. The van der Waals surface area contributed by atoms with Crippen LogP contribution in [0.3, 0.4) is 0 Å². The third kappa shape index (κ3) is 9.09. The number of aromatic nitrogens is 5. The summed E-state index contributed by atoms with van der Waals surface area (Å²) in [4.78, 5) is 60.9.